The number of carbonyl (C=O) groups is 2. The summed E-state index contributed by atoms with van der Waals surface area (Å²) >= 11 is 1.33. The third-order valence-electron chi connectivity index (χ3n) is 6.21. The standard InChI is InChI=1S/C26H30N4O4S2/c1-25(2)15-19-20(22(27)31)24(35-21(19)26(3,4)29-25)28-23(32)16-11-13-18(14-12-16)36(33,34)30(5)17-9-7-6-8-10-17/h6-14,29H,15H2,1-5H3,(H2,27,31)(H,28,32). The van der Waals surface area contributed by atoms with Crippen LogP contribution in [-0.4, -0.2) is 32.8 Å². The number of nitrogens with two attached hydrogens (primary N) is 1. The van der Waals surface area contributed by atoms with Crippen molar-refractivity contribution in [3.63, 3.8) is 0 Å². The molecule has 0 bridgehead atoms. The van der Waals surface area contributed by atoms with Crippen LogP contribution < -0.4 is 20.7 Å². The number of benzene rings is 2. The van der Waals surface area contributed by atoms with Gasteiger partial charge >= 0.3 is 0 Å². The Morgan fingerprint density at radius 2 is 1.64 bits per heavy atom. The Bertz CT molecular complexity index is 1430. The van der Waals surface area contributed by atoms with E-state index in [-0.39, 0.29) is 16.0 Å². The van der Waals surface area contributed by atoms with E-state index < -0.39 is 27.4 Å². The molecule has 10 heteroatoms. The van der Waals surface area contributed by atoms with E-state index in [9.17, 15) is 18.0 Å². The van der Waals surface area contributed by atoms with Gasteiger partial charge in [0, 0.05) is 28.6 Å². The van der Waals surface area contributed by atoms with Crippen LogP contribution in [0.25, 0.3) is 0 Å². The number of para-hydroxylation sites is 1. The van der Waals surface area contributed by atoms with Crippen molar-refractivity contribution in [1.82, 2.24) is 5.32 Å². The molecule has 8 nitrogen and oxygen atoms in total. The minimum atomic E-state index is -3.80. The first-order valence-corrected chi connectivity index (χ1v) is 13.7. The zero-order valence-electron chi connectivity index (χ0n) is 20.9. The van der Waals surface area contributed by atoms with E-state index in [1.54, 1.807) is 24.3 Å². The minimum Gasteiger partial charge on any atom is -0.365 e. The molecule has 1 aliphatic heterocycles. The molecule has 2 heterocycles. The lowest BCUT2D eigenvalue weighted by Gasteiger charge is -2.42. The van der Waals surface area contributed by atoms with Gasteiger partial charge in [0.15, 0.2) is 0 Å². The van der Waals surface area contributed by atoms with Crippen molar-refractivity contribution in [1.29, 1.82) is 0 Å². The van der Waals surface area contributed by atoms with Gasteiger partial charge in [-0.05, 0) is 76.1 Å². The molecule has 36 heavy (non-hydrogen) atoms. The summed E-state index contributed by atoms with van der Waals surface area (Å²) in [5, 5.41) is 6.80. The maximum Gasteiger partial charge on any atom is 0.264 e. The minimum absolute atomic E-state index is 0.0601. The van der Waals surface area contributed by atoms with Crippen molar-refractivity contribution in [2.75, 3.05) is 16.7 Å². The summed E-state index contributed by atoms with van der Waals surface area (Å²) in [4.78, 5) is 26.5. The third kappa shape index (κ3) is 4.76. The number of thiophene rings is 1. The van der Waals surface area contributed by atoms with Crippen LogP contribution >= 0.6 is 11.3 Å². The molecule has 0 fully saturated rings. The molecular formula is C26H30N4O4S2. The Morgan fingerprint density at radius 1 is 1.03 bits per heavy atom. The first-order chi connectivity index (χ1) is 16.7. The van der Waals surface area contributed by atoms with Crippen LogP contribution in [0.1, 0.15) is 58.9 Å². The molecule has 4 rings (SSSR count). The summed E-state index contributed by atoms with van der Waals surface area (Å²) in [5.41, 5.74) is 7.05. The zero-order valence-corrected chi connectivity index (χ0v) is 22.5. The Labute approximate surface area is 215 Å². The quantitative estimate of drug-likeness (QED) is 0.447. The van der Waals surface area contributed by atoms with Crippen LogP contribution in [-0.2, 0) is 22.0 Å². The van der Waals surface area contributed by atoms with E-state index >= 15 is 0 Å². The lowest BCUT2D eigenvalue weighted by atomic mass is 9.81. The molecule has 2 aromatic carbocycles. The van der Waals surface area contributed by atoms with Crippen LogP contribution in [0.2, 0.25) is 0 Å². The second kappa shape index (κ2) is 9.02. The molecule has 0 atom stereocenters. The van der Waals surface area contributed by atoms with Gasteiger partial charge in [0.05, 0.1) is 16.1 Å². The van der Waals surface area contributed by atoms with Gasteiger partial charge in [-0.3, -0.25) is 13.9 Å². The monoisotopic (exact) mass is 526 g/mol. The Balaban J connectivity index is 1.61. The molecule has 190 valence electrons. The Kier molecular flexibility index (Phi) is 6.48. The number of hydrogen-bond donors (Lipinski definition) is 3. The summed E-state index contributed by atoms with van der Waals surface area (Å²) in [6.07, 6.45) is 0.595. The molecule has 3 aromatic rings. The zero-order chi connectivity index (χ0) is 26.5. The average molecular weight is 527 g/mol. The molecule has 2 amide bonds. The van der Waals surface area contributed by atoms with Crippen molar-refractivity contribution in [3.05, 3.63) is 76.2 Å². The van der Waals surface area contributed by atoms with E-state index in [0.29, 0.717) is 22.7 Å². The van der Waals surface area contributed by atoms with Crippen molar-refractivity contribution in [2.45, 2.75) is 50.1 Å². The normalized spacial score (nSPS) is 16.1. The number of hydrogen-bond acceptors (Lipinski definition) is 6. The molecule has 0 radical (unpaired) electrons. The van der Waals surface area contributed by atoms with Gasteiger partial charge in [-0.15, -0.1) is 11.3 Å². The second-order valence-electron chi connectivity index (χ2n) is 10.1. The number of rotatable bonds is 6. The van der Waals surface area contributed by atoms with E-state index in [1.165, 1.54) is 47.0 Å². The predicted molar refractivity (Wildman–Crippen MR) is 143 cm³/mol. The number of sulfonamides is 1. The first-order valence-electron chi connectivity index (χ1n) is 11.4. The van der Waals surface area contributed by atoms with Crippen LogP contribution in [0.4, 0.5) is 10.7 Å². The van der Waals surface area contributed by atoms with Gasteiger partial charge in [-0.25, -0.2) is 8.42 Å². The van der Waals surface area contributed by atoms with Crippen molar-refractivity contribution in [2.24, 2.45) is 5.73 Å². The van der Waals surface area contributed by atoms with Crippen molar-refractivity contribution >= 4 is 43.9 Å². The highest BCUT2D eigenvalue weighted by Crippen LogP contribution is 2.45. The Morgan fingerprint density at radius 3 is 2.22 bits per heavy atom. The highest BCUT2D eigenvalue weighted by Gasteiger charge is 2.41. The van der Waals surface area contributed by atoms with Gasteiger partial charge in [-0.1, -0.05) is 18.2 Å². The second-order valence-corrected chi connectivity index (χ2v) is 13.1. The first kappa shape index (κ1) is 25.9. The molecule has 0 aliphatic carbocycles. The van der Waals surface area contributed by atoms with Crippen molar-refractivity contribution < 1.29 is 18.0 Å². The molecule has 0 saturated carbocycles. The molecule has 0 saturated heterocycles. The number of anilines is 2. The maximum absolute atomic E-state index is 13.1. The van der Waals surface area contributed by atoms with E-state index in [2.05, 4.69) is 24.5 Å². The fraction of sp³-hybridized carbons (Fsp3) is 0.308. The van der Waals surface area contributed by atoms with Gasteiger partial charge in [-0.2, -0.15) is 0 Å². The number of primary amides is 1. The lowest BCUT2D eigenvalue weighted by Crippen LogP contribution is -2.55. The van der Waals surface area contributed by atoms with E-state index in [4.69, 9.17) is 5.73 Å². The summed E-state index contributed by atoms with van der Waals surface area (Å²) < 4.78 is 27.2. The number of nitrogens with one attached hydrogen (secondary N) is 2. The van der Waals surface area contributed by atoms with Crippen LogP contribution in [0.15, 0.2) is 59.5 Å². The highest BCUT2D eigenvalue weighted by molar-refractivity contribution is 7.92. The smallest absolute Gasteiger partial charge is 0.264 e. The van der Waals surface area contributed by atoms with Gasteiger partial charge in [0.1, 0.15) is 5.00 Å². The number of carbonyl (C=O) groups excluding carboxylic acids is 2. The number of amides is 2. The third-order valence-corrected chi connectivity index (χ3v) is 9.48. The molecule has 4 N–H and O–H groups in total. The molecular weight excluding hydrogens is 496 g/mol. The average Bonchev–Trinajstić information content (AvgIpc) is 3.16. The summed E-state index contributed by atoms with van der Waals surface area (Å²) in [5.74, 6) is -1.05. The van der Waals surface area contributed by atoms with Crippen LogP contribution in [0.3, 0.4) is 0 Å². The molecule has 1 aliphatic rings. The topological polar surface area (TPSA) is 122 Å². The Hall–Kier alpha value is -3.21. The van der Waals surface area contributed by atoms with Crippen LogP contribution in [0.5, 0.6) is 0 Å². The molecule has 0 spiro atoms. The van der Waals surface area contributed by atoms with E-state index in [0.717, 1.165) is 10.4 Å². The summed E-state index contributed by atoms with van der Waals surface area (Å²) in [6.45, 7) is 8.18. The van der Waals surface area contributed by atoms with E-state index in [1.807, 2.05) is 19.9 Å². The van der Waals surface area contributed by atoms with Gasteiger partial charge < -0.3 is 16.4 Å². The summed E-state index contributed by atoms with van der Waals surface area (Å²) in [7, 11) is -2.32. The van der Waals surface area contributed by atoms with Gasteiger partial charge in [0.2, 0.25) is 0 Å². The number of nitrogens with zero attached hydrogens (tertiary/aromatic N) is 1. The highest BCUT2D eigenvalue weighted by atomic mass is 32.2. The maximum atomic E-state index is 13.1. The lowest BCUT2D eigenvalue weighted by molar-refractivity contribution is 0.0999. The summed E-state index contributed by atoms with van der Waals surface area (Å²) in [6, 6.07) is 14.4. The van der Waals surface area contributed by atoms with Crippen molar-refractivity contribution in [3.8, 4) is 0 Å². The number of fused-ring (bicyclic) bond motifs is 1. The predicted octanol–water partition coefficient (Wildman–Crippen LogP) is 4.08. The molecule has 1 aromatic heterocycles. The largest absolute Gasteiger partial charge is 0.365 e. The molecule has 0 unspecified atom stereocenters. The van der Waals surface area contributed by atoms with Crippen LogP contribution in [0, 0.1) is 0 Å². The SMILES string of the molecule is CN(c1ccccc1)S(=O)(=O)c1ccc(C(=O)Nc2sc3c(c2C(N)=O)CC(C)(C)NC3(C)C)cc1. The fourth-order valence-electron chi connectivity index (χ4n) is 4.76. The fourth-order valence-corrected chi connectivity index (χ4v) is 7.24. The van der Waals surface area contributed by atoms with Gasteiger partial charge in [0.25, 0.3) is 21.8 Å².